The molecule has 3 heterocycles. The molecule has 0 saturated heterocycles. The van der Waals surface area contributed by atoms with Crippen molar-refractivity contribution >= 4 is 28.6 Å². The number of pyridine rings is 1. The van der Waals surface area contributed by atoms with E-state index < -0.39 is 12.1 Å². The minimum atomic E-state index is -5.08. The van der Waals surface area contributed by atoms with Gasteiger partial charge in [0.1, 0.15) is 6.54 Å². The number of aliphatic carboxylic acids is 1. The second-order valence-corrected chi connectivity index (χ2v) is 7.28. The molecule has 3 aromatic heterocycles. The Morgan fingerprint density at radius 1 is 1.06 bits per heavy atom. The number of anilines is 1. The lowest BCUT2D eigenvalue weighted by Gasteiger charge is -2.06. The van der Waals surface area contributed by atoms with Gasteiger partial charge in [-0.3, -0.25) is 19.1 Å². The van der Waals surface area contributed by atoms with Gasteiger partial charge in [0.05, 0.1) is 11.2 Å². The molecule has 4 aromatic rings. The molecule has 0 saturated carbocycles. The van der Waals surface area contributed by atoms with E-state index in [4.69, 9.17) is 9.90 Å². The van der Waals surface area contributed by atoms with Crippen LogP contribution in [0.1, 0.15) is 11.4 Å². The summed E-state index contributed by atoms with van der Waals surface area (Å²) in [6.45, 7) is 4.05. The summed E-state index contributed by atoms with van der Waals surface area (Å²) in [5, 5.41) is 19.9. The average molecular weight is 474 g/mol. The largest absolute Gasteiger partial charge is 0.490 e. The van der Waals surface area contributed by atoms with Gasteiger partial charge < -0.3 is 10.4 Å². The van der Waals surface area contributed by atoms with E-state index in [1.54, 1.807) is 21.8 Å². The van der Waals surface area contributed by atoms with Gasteiger partial charge in [0.25, 0.3) is 0 Å². The van der Waals surface area contributed by atoms with Crippen molar-refractivity contribution in [1.29, 1.82) is 0 Å². The number of nitrogens with zero attached hydrogens (tertiary/aromatic N) is 5. The number of carbonyl (C=O) groups is 2. The number of carboxylic acids is 1. The molecule has 0 aliphatic heterocycles. The molecule has 0 atom stereocenters. The van der Waals surface area contributed by atoms with Crippen LogP contribution in [0.25, 0.3) is 22.0 Å². The molecular weight excluding hydrogens is 453 g/mol. The Labute approximate surface area is 191 Å². The molecule has 178 valence electrons. The standard InChI is InChI=1S/C20H20N6O.C2HF3O2/c1-13-19(15-8-10-21-11-9-15)14(2)26(23-13)12-18(27)22-20-16-6-4-5-7-17(16)25(3)24-20;3-2(4,5)1(6)7/h4-11H,12H2,1-3H3,(H,22,24,27);(H,6,7). The average Bonchev–Trinajstić information content (AvgIpc) is 3.24. The number of nitrogens with one attached hydrogen (secondary N) is 1. The highest BCUT2D eigenvalue weighted by molar-refractivity contribution is 5.99. The highest BCUT2D eigenvalue weighted by Gasteiger charge is 2.38. The number of benzene rings is 1. The predicted molar refractivity (Wildman–Crippen MR) is 118 cm³/mol. The number of aryl methyl sites for hydroxylation is 2. The van der Waals surface area contributed by atoms with Crippen LogP contribution >= 0.6 is 0 Å². The number of aromatic nitrogens is 5. The van der Waals surface area contributed by atoms with Crippen molar-refractivity contribution < 1.29 is 27.9 Å². The summed E-state index contributed by atoms with van der Waals surface area (Å²) in [7, 11) is 1.86. The Balaban J connectivity index is 0.000000406. The molecule has 0 aliphatic carbocycles. The maximum atomic E-state index is 12.6. The molecule has 12 heteroatoms. The summed E-state index contributed by atoms with van der Waals surface area (Å²) in [5.74, 6) is -2.35. The second-order valence-electron chi connectivity index (χ2n) is 7.28. The van der Waals surface area contributed by atoms with Crippen LogP contribution in [0.4, 0.5) is 19.0 Å². The van der Waals surface area contributed by atoms with E-state index in [1.165, 1.54) is 0 Å². The third-order valence-corrected chi connectivity index (χ3v) is 4.90. The van der Waals surface area contributed by atoms with E-state index in [0.29, 0.717) is 5.82 Å². The Bertz CT molecular complexity index is 1330. The Hall–Kier alpha value is -4.22. The highest BCUT2D eigenvalue weighted by Crippen LogP contribution is 2.26. The van der Waals surface area contributed by atoms with Gasteiger partial charge in [-0.1, -0.05) is 12.1 Å². The summed E-state index contributed by atoms with van der Waals surface area (Å²) in [5.41, 5.74) is 4.88. The first-order valence-corrected chi connectivity index (χ1v) is 9.95. The van der Waals surface area contributed by atoms with Gasteiger partial charge in [-0.25, -0.2) is 4.79 Å². The van der Waals surface area contributed by atoms with Gasteiger partial charge >= 0.3 is 12.1 Å². The minimum absolute atomic E-state index is 0.128. The number of carboxylic acid groups (broad SMARTS) is 1. The summed E-state index contributed by atoms with van der Waals surface area (Å²) in [6, 6.07) is 11.7. The molecule has 1 amide bonds. The lowest BCUT2D eigenvalue weighted by atomic mass is 10.1. The molecule has 1 aromatic carbocycles. The minimum Gasteiger partial charge on any atom is -0.475 e. The van der Waals surface area contributed by atoms with E-state index >= 15 is 0 Å². The topological polar surface area (TPSA) is 115 Å². The number of para-hydroxylation sites is 1. The zero-order valence-electron chi connectivity index (χ0n) is 18.5. The van der Waals surface area contributed by atoms with Gasteiger partial charge in [0.15, 0.2) is 5.82 Å². The number of carbonyl (C=O) groups excluding carboxylic acids is 1. The molecule has 0 aliphatic rings. The van der Waals surface area contributed by atoms with Crippen LogP contribution in [0.15, 0.2) is 48.8 Å². The highest BCUT2D eigenvalue weighted by atomic mass is 19.4. The summed E-state index contributed by atoms with van der Waals surface area (Å²) in [6.07, 6.45) is -1.57. The number of hydrogen-bond acceptors (Lipinski definition) is 5. The van der Waals surface area contributed by atoms with Crippen molar-refractivity contribution in [3.8, 4) is 11.1 Å². The van der Waals surface area contributed by atoms with Crippen LogP contribution in [0.3, 0.4) is 0 Å². The third kappa shape index (κ3) is 5.39. The predicted octanol–water partition coefficient (Wildman–Crippen LogP) is 3.72. The Morgan fingerprint density at radius 3 is 2.29 bits per heavy atom. The van der Waals surface area contributed by atoms with Crippen LogP contribution in [-0.2, 0) is 23.2 Å². The zero-order chi connectivity index (χ0) is 25.0. The fraction of sp³-hybridized carbons (Fsp3) is 0.227. The zero-order valence-corrected chi connectivity index (χ0v) is 18.5. The van der Waals surface area contributed by atoms with Crippen molar-refractivity contribution in [2.45, 2.75) is 26.6 Å². The van der Waals surface area contributed by atoms with Crippen molar-refractivity contribution in [3.63, 3.8) is 0 Å². The van der Waals surface area contributed by atoms with Crippen molar-refractivity contribution in [2.75, 3.05) is 5.32 Å². The molecule has 0 radical (unpaired) electrons. The lowest BCUT2D eigenvalue weighted by Crippen LogP contribution is -2.21. The number of alkyl halides is 3. The lowest BCUT2D eigenvalue weighted by molar-refractivity contribution is -0.192. The smallest absolute Gasteiger partial charge is 0.475 e. The summed E-state index contributed by atoms with van der Waals surface area (Å²) >= 11 is 0. The van der Waals surface area contributed by atoms with Crippen LogP contribution < -0.4 is 5.32 Å². The number of hydrogen-bond donors (Lipinski definition) is 2. The molecule has 0 bridgehead atoms. The van der Waals surface area contributed by atoms with Crippen LogP contribution in [0, 0.1) is 13.8 Å². The first-order chi connectivity index (χ1) is 16.0. The number of fused-ring (bicyclic) bond motifs is 1. The monoisotopic (exact) mass is 474 g/mol. The van der Waals surface area contributed by atoms with Crippen LogP contribution in [0.2, 0.25) is 0 Å². The van der Waals surface area contributed by atoms with Gasteiger partial charge in [0.2, 0.25) is 5.91 Å². The van der Waals surface area contributed by atoms with Crippen molar-refractivity contribution in [3.05, 3.63) is 60.2 Å². The molecule has 0 unspecified atom stereocenters. The molecular formula is C22H21F3N6O3. The molecule has 9 nitrogen and oxygen atoms in total. The third-order valence-electron chi connectivity index (χ3n) is 4.90. The van der Waals surface area contributed by atoms with Gasteiger partial charge in [-0.05, 0) is 43.7 Å². The first kappa shape index (κ1) is 24.4. The van der Waals surface area contributed by atoms with Gasteiger partial charge in [-0.15, -0.1) is 0 Å². The summed E-state index contributed by atoms with van der Waals surface area (Å²) in [4.78, 5) is 25.6. The second kappa shape index (κ2) is 9.73. The number of rotatable bonds is 4. The number of amides is 1. The summed E-state index contributed by atoms with van der Waals surface area (Å²) < 4.78 is 35.2. The molecule has 0 fully saturated rings. The van der Waals surface area contributed by atoms with E-state index in [9.17, 15) is 18.0 Å². The fourth-order valence-corrected chi connectivity index (χ4v) is 3.40. The van der Waals surface area contributed by atoms with Gasteiger partial charge in [0, 0.05) is 36.1 Å². The molecule has 0 spiro atoms. The molecule has 34 heavy (non-hydrogen) atoms. The molecule has 2 N–H and O–H groups in total. The molecule has 4 rings (SSSR count). The normalized spacial score (nSPS) is 11.1. The van der Waals surface area contributed by atoms with Crippen LogP contribution in [0.5, 0.6) is 0 Å². The van der Waals surface area contributed by atoms with E-state index in [0.717, 1.165) is 33.4 Å². The van der Waals surface area contributed by atoms with E-state index in [1.807, 2.05) is 57.3 Å². The quantitative estimate of drug-likeness (QED) is 0.466. The van der Waals surface area contributed by atoms with E-state index in [2.05, 4.69) is 20.5 Å². The first-order valence-electron chi connectivity index (χ1n) is 9.95. The fourth-order valence-electron chi connectivity index (χ4n) is 3.40. The van der Waals surface area contributed by atoms with Gasteiger partial charge in [-0.2, -0.15) is 23.4 Å². The maximum Gasteiger partial charge on any atom is 0.490 e. The van der Waals surface area contributed by atoms with E-state index in [-0.39, 0.29) is 12.5 Å². The maximum absolute atomic E-state index is 12.6. The SMILES string of the molecule is Cc1nn(CC(=O)Nc2nn(C)c3ccccc23)c(C)c1-c1ccncc1.O=C(O)C(F)(F)F. The van der Waals surface area contributed by atoms with Crippen LogP contribution in [-0.4, -0.2) is 47.7 Å². The number of halogens is 3. The Kier molecular flexibility index (Phi) is 6.99. The Morgan fingerprint density at radius 2 is 1.68 bits per heavy atom. The van der Waals surface area contributed by atoms with Crippen molar-refractivity contribution in [1.82, 2.24) is 24.5 Å². The van der Waals surface area contributed by atoms with Crippen molar-refractivity contribution in [2.24, 2.45) is 7.05 Å².